The molecule has 9 rings (SSSR count). The Hall–Kier alpha value is -4.68. The van der Waals surface area contributed by atoms with Crippen LogP contribution >= 0.6 is 0 Å². The summed E-state index contributed by atoms with van der Waals surface area (Å²) in [6.07, 6.45) is 3.32. The van der Waals surface area contributed by atoms with Gasteiger partial charge in [0.05, 0.1) is 0 Å². The molecule has 0 saturated carbocycles. The summed E-state index contributed by atoms with van der Waals surface area (Å²) in [5.74, 6) is 0. The van der Waals surface area contributed by atoms with Crippen LogP contribution in [0, 0.1) is 41.5 Å². The summed E-state index contributed by atoms with van der Waals surface area (Å²) in [5.41, 5.74) is 26.1. The first-order valence-corrected chi connectivity index (χ1v) is 16.3. The monoisotopic (exact) mass is 582 g/mol. The lowest BCUT2D eigenvalue weighted by Gasteiger charge is -2.08. The van der Waals surface area contributed by atoms with Gasteiger partial charge in [0.1, 0.15) is 0 Å². The van der Waals surface area contributed by atoms with E-state index in [1.54, 1.807) is 0 Å². The Labute approximate surface area is 269 Å². The molecule has 0 heteroatoms. The second-order valence-electron chi connectivity index (χ2n) is 13.2. The minimum absolute atomic E-state index is 1.10. The van der Waals surface area contributed by atoms with Gasteiger partial charge in [-0.15, -0.1) is 0 Å². The van der Waals surface area contributed by atoms with Crippen molar-refractivity contribution < 1.29 is 0 Å². The number of hydrogen-bond acceptors (Lipinski definition) is 0. The van der Waals surface area contributed by atoms with E-state index in [-0.39, 0.29) is 0 Å². The Bertz CT molecular complexity index is 2080. The van der Waals surface area contributed by atoms with Crippen molar-refractivity contribution in [3.05, 3.63) is 176 Å². The maximum absolute atomic E-state index is 2.34. The van der Waals surface area contributed by atoms with Crippen LogP contribution in [0.15, 0.2) is 109 Å². The van der Waals surface area contributed by atoms with Crippen LogP contribution in [-0.4, -0.2) is 0 Å². The molecule has 0 N–H and O–H groups in total. The van der Waals surface area contributed by atoms with Crippen molar-refractivity contribution in [3.8, 4) is 33.4 Å². The molecule has 0 heterocycles. The highest BCUT2D eigenvalue weighted by Gasteiger charge is 2.21. The molecule has 6 aromatic carbocycles. The lowest BCUT2D eigenvalue weighted by Crippen LogP contribution is -1.89. The van der Waals surface area contributed by atoms with Crippen LogP contribution in [0.5, 0.6) is 0 Å². The molecular formula is C45H42. The molecule has 45 heavy (non-hydrogen) atoms. The number of hydrogen-bond donors (Lipinski definition) is 0. The average Bonchev–Trinajstić information content (AvgIpc) is 3.73. The number of benzene rings is 6. The zero-order valence-corrected chi connectivity index (χ0v) is 27.5. The summed E-state index contributed by atoms with van der Waals surface area (Å²) in [5, 5.41) is 0. The van der Waals surface area contributed by atoms with Gasteiger partial charge in [-0.1, -0.05) is 109 Å². The third-order valence-corrected chi connectivity index (χ3v) is 10.4. The van der Waals surface area contributed by atoms with Crippen molar-refractivity contribution in [3.63, 3.8) is 0 Å². The van der Waals surface area contributed by atoms with Gasteiger partial charge in [-0.2, -0.15) is 0 Å². The van der Waals surface area contributed by atoms with Crippen molar-refractivity contribution in [1.29, 1.82) is 0 Å². The van der Waals surface area contributed by atoms with Crippen molar-refractivity contribution >= 4 is 0 Å². The van der Waals surface area contributed by atoms with Gasteiger partial charge in [0.2, 0.25) is 0 Å². The summed E-state index contributed by atoms with van der Waals surface area (Å²) in [6.45, 7) is 13.2. The highest BCUT2D eigenvalue weighted by molar-refractivity contribution is 5.81. The van der Waals surface area contributed by atoms with Gasteiger partial charge in [-0.25, -0.2) is 0 Å². The Balaban J connectivity index is 0.000000108. The van der Waals surface area contributed by atoms with Crippen molar-refractivity contribution in [1.82, 2.24) is 0 Å². The number of aryl methyl sites for hydroxylation is 4. The molecule has 0 atom stereocenters. The molecule has 0 saturated heterocycles. The molecule has 0 aliphatic heterocycles. The van der Waals surface area contributed by atoms with Gasteiger partial charge in [0, 0.05) is 0 Å². The molecule has 3 aliphatic carbocycles. The van der Waals surface area contributed by atoms with Gasteiger partial charge in [0.25, 0.3) is 0 Å². The molecule has 3 aliphatic rings. The van der Waals surface area contributed by atoms with Gasteiger partial charge >= 0.3 is 0 Å². The molecule has 222 valence electrons. The Morgan fingerprint density at radius 1 is 0.333 bits per heavy atom. The molecule has 0 bridgehead atoms. The van der Waals surface area contributed by atoms with E-state index >= 15 is 0 Å². The highest BCUT2D eigenvalue weighted by Crippen LogP contribution is 2.41. The van der Waals surface area contributed by atoms with Crippen molar-refractivity contribution in [2.45, 2.75) is 60.8 Å². The number of rotatable bonds is 0. The maximum Gasteiger partial charge on any atom is -0.00107 e. The summed E-state index contributed by atoms with van der Waals surface area (Å²) in [7, 11) is 0. The molecule has 0 nitrogen and oxygen atoms in total. The second-order valence-corrected chi connectivity index (χ2v) is 13.2. The van der Waals surface area contributed by atoms with Crippen LogP contribution in [0.2, 0.25) is 0 Å². The fourth-order valence-electron chi connectivity index (χ4n) is 7.41. The molecule has 0 spiro atoms. The minimum atomic E-state index is 1.10. The lowest BCUT2D eigenvalue weighted by molar-refractivity contribution is 1.19. The fourth-order valence-corrected chi connectivity index (χ4v) is 7.41. The first-order chi connectivity index (χ1) is 21.8. The largest absolute Gasteiger partial charge is 0.0619 e. The van der Waals surface area contributed by atoms with Crippen LogP contribution < -0.4 is 0 Å². The first-order valence-electron chi connectivity index (χ1n) is 16.3. The average molecular weight is 583 g/mol. The predicted molar refractivity (Wildman–Crippen MR) is 192 cm³/mol. The van der Waals surface area contributed by atoms with Gasteiger partial charge in [0.15, 0.2) is 0 Å². The maximum atomic E-state index is 2.34. The van der Waals surface area contributed by atoms with Crippen molar-refractivity contribution in [2.75, 3.05) is 0 Å². The van der Waals surface area contributed by atoms with Gasteiger partial charge in [-0.05, 0) is 161 Å². The van der Waals surface area contributed by atoms with E-state index in [4.69, 9.17) is 0 Å². The fraction of sp³-hybridized carbons (Fsp3) is 0.200. The van der Waals surface area contributed by atoms with E-state index < -0.39 is 0 Å². The van der Waals surface area contributed by atoms with E-state index in [0.717, 1.165) is 19.3 Å². The molecule has 0 aromatic heterocycles. The Morgan fingerprint density at radius 3 is 1.56 bits per heavy atom. The van der Waals surface area contributed by atoms with E-state index in [0.29, 0.717) is 0 Å². The van der Waals surface area contributed by atoms with E-state index in [2.05, 4.69) is 151 Å². The molecule has 6 aromatic rings. The zero-order chi connectivity index (χ0) is 31.2. The predicted octanol–water partition coefficient (Wildman–Crippen LogP) is 11.6. The summed E-state index contributed by atoms with van der Waals surface area (Å²) >= 11 is 0. The molecule has 0 amide bonds. The highest BCUT2D eigenvalue weighted by atomic mass is 14.3. The molecular weight excluding hydrogens is 540 g/mol. The van der Waals surface area contributed by atoms with Crippen molar-refractivity contribution in [2.24, 2.45) is 0 Å². The third kappa shape index (κ3) is 5.23. The molecule has 0 fully saturated rings. The normalized spacial score (nSPS) is 12.4. The SMILES string of the molecule is Cc1cc2c(cc1C)-c1ccccc1C2.Cc1ccc2c(c1C)-c1ccccc1C2.Cc1ccc2c(c1C)Cc1ccccc1-2. The lowest BCUT2D eigenvalue weighted by atomic mass is 9.97. The Kier molecular flexibility index (Phi) is 7.54. The first kappa shape index (κ1) is 29.1. The number of fused-ring (bicyclic) bond motifs is 9. The quantitative estimate of drug-likeness (QED) is 0.167. The van der Waals surface area contributed by atoms with Crippen LogP contribution in [0.1, 0.15) is 66.8 Å². The minimum Gasteiger partial charge on any atom is -0.0619 e. The van der Waals surface area contributed by atoms with E-state index in [9.17, 15) is 0 Å². The summed E-state index contributed by atoms with van der Waals surface area (Å²) < 4.78 is 0. The summed E-state index contributed by atoms with van der Waals surface area (Å²) in [4.78, 5) is 0. The van der Waals surface area contributed by atoms with Crippen LogP contribution in [0.3, 0.4) is 0 Å². The zero-order valence-electron chi connectivity index (χ0n) is 27.5. The van der Waals surface area contributed by atoms with Crippen LogP contribution in [0.4, 0.5) is 0 Å². The second kappa shape index (κ2) is 11.7. The molecule has 0 radical (unpaired) electrons. The van der Waals surface area contributed by atoms with E-state index in [1.807, 2.05) is 0 Å². The summed E-state index contributed by atoms with van der Waals surface area (Å²) in [6, 6.07) is 39.9. The van der Waals surface area contributed by atoms with Crippen LogP contribution in [-0.2, 0) is 19.3 Å². The van der Waals surface area contributed by atoms with E-state index in [1.165, 1.54) is 100 Å². The van der Waals surface area contributed by atoms with Gasteiger partial charge in [-0.3, -0.25) is 0 Å². The van der Waals surface area contributed by atoms with Gasteiger partial charge < -0.3 is 0 Å². The Morgan fingerprint density at radius 2 is 0.844 bits per heavy atom. The topological polar surface area (TPSA) is 0 Å². The third-order valence-electron chi connectivity index (χ3n) is 10.4. The standard InChI is InChI=1S/3C15H14/c1-10-7-13-9-12-5-3-4-6-14(12)15(13)8-11(10)2;1-10-7-8-13-9-12-5-3-4-6-14(12)15(13)11(10)2;1-10-7-8-14-13-6-4-3-5-12(13)9-15(14)11(10)2/h3*3-8H,9H2,1-2H3. The molecule has 0 unspecified atom stereocenters. The smallest absolute Gasteiger partial charge is 0.00107 e. The van der Waals surface area contributed by atoms with Crippen LogP contribution in [0.25, 0.3) is 33.4 Å².